The van der Waals surface area contributed by atoms with Gasteiger partial charge in [-0.3, -0.25) is 4.79 Å². The summed E-state index contributed by atoms with van der Waals surface area (Å²) < 4.78 is 11.2. The third-order valence-electron chi connectivity index (χ3n) is 5.63. The Morgan fingerprint density at radius 2 is 2.10 bits per heavy atom. The van der Waals surface area contributed by atoms with Crippen LogP contribution in [0.3, 0.4) is 0 Å². The topological polar surface area (TPSA) is 70.8 Å². The van der Waals surface area contributed by atoms with E-state index in [0.29, 0.717) is 19.6 Å². The number of carbonyl (C=O) groups excluding carboxylic acids is 1. The summed E-state index contributed by atoms with van der Waals surface area (Å²) in [5.41, 5.74) is 6.35. The van der Waals surface area contributed by atoms with E-state index in [2.05, 4.69) is 23.6 Å². The van der Waals surface area contributed by atoms with E-state index < -0.39 is 0 Å². The lowest BCUT2D eigenvalue weighted by molar-refractivity contribution is -0.134. The molecule has 3 heterocycles. The van der Waals surface area contributed by atoms with Crippen LogP contribution in [0.25, 0.3) is 0 Å². The molecular weight excluding hydrogens is 368 g/mol. The van der Waals surface area contributed by atoms with Crippen LogP contribution in [0.2, 0.25) is 0 Å². The molecule has 7 nitrogen and oxygen atoms in total. The lowest BCUT2D eigenvalue weighted by Gasteiger charge is -2.31. The van der Waals surface area contributed by atoms with Crippen LogP contribution in [-0.2, 0) is 11.3 Å². The van der Waals surface area contributed by atoms with E-state index in [1.54, 1.807) is 4.90 Å². The largest absolute Gasteiger partial charge is 0.493 e. The minimum Gasteiger partial charge on any atom is -0.493 e. The number of para-hydroxylation sites is 1. The monoisotopic (exact) mass is 396 g/mol. The van der Waals surface area contributed by atoms with Crippen LogP contribution in [0, 0.1) is 13.8 Å². The molecule has 0 aliphatic carbocycles. The molecular formula is C22H28N4O3. The van der Waals surface area contributed by atoms with Crippen molar-refractivity contribution in [2.75, 3.05) is 6.61 Å². The molecule has 0 bridgehead atoms. The molecule has 1 amide bonds. The highest BCUT2D eigenvalue weighted by atomic mass is 16.5. The molecule has 7 heteroatoms. The summed E-state index contributed by atoms with van der Waals surface area (Å²) in [4.78, 5) is 14.9. The van der Waals surface area contributed by atoms with Gasteiger partial charge in [0.25, 0.3) is 5.91 Å². The first kappa shape index (κ1) is 19.5. The molecule has 0 radical (unpaired) electrons. The highest BCUT2D eigenvalue weighted by molar-refractivity contribution is 5.84. The number of fused-ring (bicyclic) bond motifs is 1. The van der Waals surface area contributed by atoms with Gasteiger partial charge in [0.2, 0.25) is 0 Å². The van der Waals surface area contributed by atoms with Crippen LogP contribution in [0.5, 0.6) is 5.75 Å². The zero-order valence-electron chi connectivity index (χ0n) is 17.2. The molecule has 0 spiro atoms. The summed E-state index contributed by atoms with van der Waals surface area (Å²) in [5.74, 6) is 1.72. The van der Waals surface area contributed by atoms with Gasteiger partial charge in [0.1, 0.15) is 17.6 Å². The van der Waals surface area contributed by atoms with E-state index in [1.165, 1.54) is 0 Å². The van der Waals surface area contributed by atoms with E-state index in [9.17, 15) is 4.79 Å². The van der Waals surface area contributed by atoms with Crippen molar-refractivity contribution in [2.45, 2.75) is 58.7 Å². The first-order chi connectivity index (χ1) is 14.1. The third kappa shape index (κ3) is 3.87. The van der Waals surface area contributed by atoms with E-state index in [0.717, 1.165) is 41.2 Å². The number of aryl methyl sites for hydroxylation is 2. The molecule has 2 aliphatic heterocycles. The Kier molecular flexibility index (Phi) is 5.58. The number of benzene rings is 1. The Bertz CT molecular complexity index is 888. The quantitative estimate of drug-likeness (QED) is 0.721. The van der Waals surface area contributed by atoms with Crippen LogP contribution in [0.15, 0.2) is 41.2 Å². The summed E-state index contributed by atoms with van der Waals surface area (Å²) in [6, 6.07) is 7.88. The van der Waals surface area contributed by atoms with Crippen LogP contribution in [0.4, 0.5) is 0 Å². The van der Waals surface area contributed by atoms with Gasteiger partial charge in [-0.2, -0.15) is 0 Å². The van der Waals surface area contributed by atoms with Gasteiger partial charge in [0.05, 0.1) is 24.9 Å². The van der Waals surface area contributed by atoms with Crippen molar-refractivity contribution in [3.05, 3.63) is 59.2 Å². The lowest BCUT2D eigenvalue weighted by Crippen LogP contribution is -2.47. The molecule has 0 saturated carbocycles. The first-order valence-corrected chi connectivity index (χ1v) is 10.2. The standard InChI is InChI=1S/C22H28N4O3/c1-4-5-12-28-21-9-7-6-8-17(21)19-13-20-22(27)25(10-11-26(20)23-19)14-18-15(2)24-29-16(18)3/h6-11,19-20,23H,4-5,12-14H2,1-3H3. The van der Waals surface area contributed by atoms with Gasteiger partial charge in [-0.25, -0.2) is 5.43 Å². The number of rotatable bonds is 7. The molecule has 29 heavy (non-hydrogen) atoms. The maximum atomic E-state index is 13.1. The zero-order chi connectivity index (χ0) is 20.4. The number of hydrogen-bond acceptors (Lipinski definition) is 6. The molecule has 2 aromatic rings. The first-order valence-electron chi connectivity index (χ1n) is 10.2. The number of hydrazine groups is 1. The number of nitrogens with zero attached hydrogens (tertiary/aromatic N) is 3. The van der Waals surface area contributed by atoms with Gasteiger partial charge in [0, 0.05) is 23.5 Å². The number of aromatic nitrogens is 1. The molecule has 2 aliphatic rings. The van der Waals surface area contributed by atoms with Crippen LogP contribution >= 0.6 is 0 Å². The van der Waals surface area contributed by atoms with Gasteiger partial charge in [-0.1, -0.05) is 36.7 Å². The third-order valence-corrected chi connectivity index (χ3v) is 5.63. The lowest BCUT2D eigenvalue weighted by atomic mass is 10.00. The fraction of sp³-hybridized carbons (Fsp3) is 0.455. The minimum absolute atomic E-state index is 0.0328. The molecule has 2 atom stereocenters. The van der Waals surface area contributed by atoms with Crippen molar-refractivity contribution < 1.29 is 14.1 Å². The molecule has 1 saturated heterocycles. The second-order valence-corrected chi connectivity index (χ2v) is 7.65. The molecule has 1 aromatic heterocycles. The number of ether oxygens (including phenoxy) is 1. The van der Waals surface area contributed by atoms with Crippen LogP contribution in [0.1, 0.15) is 54.8 Å². The fourth-order valence-electron chi connectivity index (χ4n) is 3.89. The normalized spacial score (nSPS) is 21.0. The van der Waals surface area contributed by atoms with Gasteiger partial charge in [-0.05, 0) is 32.8 Å². The van der Waals surface area contributed by atoms with Gasteiger partial charge in [0.15, 0.2) is 0 Å². The van der Waals surface area contributed by atoms with Crippen molar-refractivity contribution in [1.29, 1.82) is 0 Å². The number of nitrogens with one attached hydrogen (secondary N) is 1. The highest BCUT2D eigenvalue weighted by Crippen LogP contribution is 2.35. The van der Waals surface area contributed by atoms with Crippen molar-refractivity contribution in [1.82, 2.24) is 20.5 Å². The highest BCUT2D eigenvalue weighted by Gasteiger charge is 2.41. The van der Waals surface area contributed by atoms with Gasteiger partial charge in [-0.15, -0.1) is 0 Å². The number of hydrogen-bond donors (Lipinski definition) is 1. The Hall–Kier alpha value is -2.80. The molecule has 154 valence electrons. The van der Waals surface area contributed by atoms with Gasteiger partial charge < -0.3 is 19.2 Å². The van der Waals surface area contributed by atoms with Gasteiger partial charge >= 0.3 is 0 Å². The molecule has 1 aromatic carbocycles. The van der Waals surface area contributed by atoms with E-state index in [1.807, 2.05) is 49.5 Å². The summed E-state index contributed by atoms with van der Waals surface area (Å²) in [6.07, 6.45) is 6.57. The predicted molar refractivity (Wildman–Crippen MR) is 109 cm³/mol. The fourth-order valence-corrected chi connectivity index (χ4v) is 3.89. The van der Waals surface area contributed by atoms with E-state index in [-0.39, 0.29) is 18.0 Å². The summed E-state index contributed by atoms with van der Waals surface area (Å²) >= 11 is 0. The Balaban J connectivity index is 1.48. The van der Waals surface area contributed by atoms with Crippen molar-refractivity contribution in [3.63, 3.8) is 0 Å². The second-order valence-electron chi connectivity index (χ2n) is 7.65. The van der Waals surface area contributed by atoms with Crippen LogP contribution in [-0.4, -0.2) is 33.6 Å². The Morgan fingerprint density at radius 3 is 2.86 bits per heavy atom. The Labute approximate surface area is 171 Å². The number of amides is 1. The van der Waals surface area contributed by atoms with Crippen molar-refractivity contribution in [2.24, 2.45) is 0 Å². The average Bonchev–Trinajstić information content (AvgIpc) is 3.29. The summed E-state index contributed by atoms with van der Waals surface area (Å²) in [7, 11) is 0. The van der Waals surface area contributed by atoms with Crippen molar-refractivity contribution in [3.8, 4) is 5.75 Å². The average molecular weight is 396 g/mol. The van der Waals surface area contributed by atoms with Crippen LogP contribution < -0.4 is 10.2 Å². The number of carbonyl (C=O) groups is 1. The zero-order valence-corrected chi connectivity index (χ0v) is 17.2. The molecule has 1 fully saturated rings. The molecule has 1 N–H and O–H groups in total. The van der Waals surface area contributed by atoms with E-state index >= 15 is 0 Å². The summed E-state index contributed by atoms with van der Waals surface area (Å²) in [5, 5.41) is 5.91. The van der Waals surface area contributed by atoms with Crippen molar-refractivity contribution >= 4 is 5.91 Å². The smallest absolute Gasteiger partial charge is 0.251 e. The Morgan fingerprint density at radius 1 is 1.28 bits per heavy atom. The molecule has 2 unspecified atom stereocenters. The predicted octanol–water partition coefficient (Wildman–Crippen LogP) is 3.60. The van der Waals surface area contributed by atoms with E-state index in [4.69, 9.17) is 9.26 Å². The maximum absolute atomic E-state index is 13.1. The minimum atomic E-state index is -0.242. The summed E-state index contributed by atoms with van der Waals surface area (Å²) in [6.45, 7) is 7.11. The SMILES string of the molecule is CCCCOc1ccccc1C1CC2C(=O)N(Cc3c(C)noc3C)C=CN2N1. The number of unbranched alkanes of at least 4 members (excludes halogenated alkanes) is 1. The maximum Gasteiger partial charge on any atom is 0.251 e. The second kappa shape index (κ2) is 8.29. The molecule has 4 rings (SSSR count).